The fourth-order valence-corrected chi connectivity index (χ4v) is 2.46. The Balaban J connectivity index is 2.46. The zero-order valence-electron chi connectivity index (χ0n) is 13.6. The Bertz CT molecular complexity index is 796. The number of amides is 1. The van der Waals surface area contributed by atoms with Crippen molar-refractivity contribution in [3.63, 3.8) is 0 Å². The molecule has 2 aromatic rings. The van der Waals surface area contributed by atoms with E-state index in [4.69, 9.17) is 11.6 Å². The lowest BCUT2D eigenvalue weighted by molar-refractivity contribution is -0.137. The van der Waals surface area contributed by atoms with Crippen molar-refractivity contribution in [1.82, 2.24) is 16.5 Å². The normalized spacial score (nSPS) is 11.6. The molecule has 0 aliphatic carbocycles. The average Bonchev–Trinajstić information content (AvgIpc) is 2.60. The van der Waals surface area contributed by atoms with E-state index in [0.29, 0.717) is 17.0 Å². The van der Waals surface area contributed by atoms with Gasteiger partial charge in [0.15, 0.2) is 0 Å². The standard InChI is InChI=1S/C17H16ClF3N4O/c1-25(24-23-22-11-26)16-8-4-6-14(17(19,20)21)13(16)10-9-12-5-2-3-7-15(12)18/h2-11,23-24H,1H3,(H,22,26)/b10-9+. The third kappa shape index (κ3) is 4.98. The fourth-order valence-electron chi connectivity index (χ4n) is 2.26. The topological polar surface area (TPSA) is 56.4 Å². The van der Waals surface area contributed by atoms with Crippen LogP contribution in [0, 0.1) is 0 Å². The highest BCUT2D eigenvalue weighted by molar-refractivity contribution is 6.32. The molecule has 2 rings (SSSR count). The molecule has 138 valence electrons. The quantitative estimate of drug-likeness (QED) is 0.295. The summed E-state index contributed by atoms with van der Waals surface area (Å²) in [7, 11) is 1.50. The van der Waals surface area contributed by atoms with Gasteiger partial charge in [0.2, 0.25) is 6.41 Å². The number of nitrogens with zero attached hydrogens (tertiary/aromatic N) is 1. The number of rotatable bonds is 7. The Hall–Kier alpha value is -2.55. The number of hydrazine groups is 3. The van der Waals surface area contributed by atoms with Gasteiger partial charge in [-0.15, -0.1) is 0 Å². The van der Waals surface area contributed by atoms with E-state index in [1.807, 2.05) is 0 Å². The van der Waals surface area contributed by atoms with Gasteiger partial charge in [-0.1, -0.05) is 48.0 Å². The lowest BCUT2D eigenvalue weighted by Crippen LogP contribution is -2.51. The van der Waals surface area contributed by atoms with Gasteiger partial charge >= 0.3 is 6.18 Å². The molecule has 0 fully saturated rings. The molecule has 2 aromatic carbocycles. The van der Waals surface area contributed by atoms with Crippen molar-refractivity contribution in [1.29, 1.82) is 0 Å². The van der Waals surface area contributed by atoms with Crippen LogP contribution >= 0.6 is 11.6 Å². The molecule has 0 aliphatic heterocycles. The molecule has 0 saturated heterocycles. The van der Waals surface area contributed by atoms with Crippen LogP contribution < -0.4 is 21.5 Å². The van der Waals surface area contributed by atoms with Gasteiger partial charge in [-0.3, -0.25) is 15.2 Å². The number of halogens is 4. The van der Waals surface area contributed by atoms with E-state index in [9.17, 15) is 18.0 Å². The van der Waals surface area contributed by atoms with Gasteiger partial charge in [0.25, 0.3) is 0 Å². The third-order valence-electron chi connectivity index (χ3n) is 3.44. The van der Waals surface area contributed by atoms with Crippen LogP contribution in [0.15, 0.2) is 42.5 Å². The molecule has 0 unspecified atom stereocenters. The molecule has 1 amide bonds. The summed E-state index contributed by atoms with van der Waals surface area (Å²) in [6, 6.07) is 10.6. The van der Waals surface area contributed by atoms with Gasteiger partial charge in [-0.25, -0.2) is 0 Å². The fraction of sp³-hybridized carbons (Fsp3) is 0.118. The number of anilines is 1. The Morgan fingerprint density at radius 3 is 2.46 bits per heavy atom. The number of alkyl halides is 3. The molecule has 0 atom stereocenters. The van der Waals surface area contributed by atoms with Crippen LogP contribution in [0.25, 0.3) is 12.2 Å². The first-order valence-corrected chi connectivity index (χ1v) is 7.78. The van der Waals surface area contributed by atoms with Gasteiger partial charge in [-0.2, -0.15) is 24.2 Å². The molecule has 0 radical (unpaired) electrons. The number of hydrogen-bond donors (Lipinski definition) is 3. The minimum Gasteiger partial charge on any atom is -0.296 e. The van der Waals surface area contributed by atoms with E-state index in [-0.39, 0.29) is 11.3 Å². The van der Waals surface area contributed by atoms with Gasteiger partial charge < -0.3 is 0 Å². The van der Waals surface area contributed by atoms with E-state index in [0.717, 1.165) is 6.07 Å². The van der Waals surface area contributed by atoms with Crippen molar-refractivity contribution >= 4 is 35.9 Å². The molecule has 0 heterocycles. The predicted molar refractivity (Wildman–Crippen MR) is 95.7 cm³/mol. The Morgan fingerprint density at radius 2 is 1.81 bits per heavy atom. The van der Waals surface area contributed by atoms with Crippen molar-refractivity contribution in [2.45, 2.75) is 6.18 Å². The van der Waals surface area contributed by atoms with Crippen molar-refractivity contribution in [2.75, 3.05) is 12.1 Å². The highest BCUT2D eigenvalue weighted by atomic mass is 35.5. The van der Waals surface area contributed by atoms with E-state index >= 15 is 0 Å². The van der Waals surface area contributed by atoms with Gasteiger partial charge in [0.1, 0.15) is 0 Å². The molecule has 5 nitrogen and oxygen atoms in total. The van der Waals surface area contributed by atoms with Crippen LogP contribution in [0.1, 0.15) is 16.7 Å². The Labute approximate surface area is 153 Å². The van der Waals surface area contributed by atoms with Crippen LogP contribution in [0.2, 0.25) is 5.02 Å². The van der Waals surface area contributed by atoms with Crippen LogP contribution in [-0.2, 0) is 11.0 Å². The summed E-state index contributed by atoms with van der Waals surface area (Å²) in [5, 5.41) is 1.73. The smallest absolute Gasteiger partial charge is 0.296 e. The van der Waals surface area contributed by atoms with E-state index in [2.05, 4.69) is 16.5 Å². The second-order valence-corrected chi connectivity index (χ2v) is 5.56. The molecular weight excluding hydrogens is 369 g/mol. The van der Waals surface area contributed by atoms with Crippen molar-refractivity contribution in [3.8, 4) is 0 Å². The van der Waals surface area contributed by atoms with Gasteiger partial charge in [-0.05, 0) is 23.8 Å². The lowest BCUT2D eigenvalue weighted by atomic mass is 10.0. The summed E-state index contributed by atoms with van der Waals surface area (Å²) < 4.78 is 40.3. The molecular formula is C17H16ClF3N4O. The predicted octanol–water partition coefficient (Wildman–Crippen LogP) is 3.64. The summed E-state index contributed by atoms with van der Waals surface area (Å²) in [6.45, 7) is 0. The maximum Gasteiger partial charge on any atom is 0.417 e. The number of hydrogen-bond acceptors (Lipinski definition) is 4. The minimum atomic E-state index is -4.54. The van der Waals surface area contributed by atoms with E-state index in [1.54, 1.807) is 24.3 Å². The van der Waals surface area contributed by atoms with Gasteiger partial charge in [0.05, 0.1) is 11.3 Å². The number of carbonyl (C=O) groups is 1. The zero-order valence-corrected chi connectivity index (χ0v) is 14.4. The Kier molecular flexibility index (Phi) is 6.62. The third-order valence-corrected chi connectivity index (χ3v) is 3.78. The second-order valence-electron chi connectivity index (χ2n) is 5.15. The summed E-state index contributed by atoms with van der Waals surface area (Å²) in [5.74, 6) is 0. The zero-order chi connectivity index (χ0) is 19.2. The molecule has 3 N–H and O–H groups in total. The molecule has 0 aromatic heterocycles. The van der Waals surface area contributed by atoms with Crippen molar-refractivity contribution in [2.24, 2.45) is 0 Å². The molecule has 0 saturated carbocycles. The first-order valence-electron chi connectivity index (χ1n) is 7.41. The highest BCUT2D eigenvalue weighted by Crippen LogP contribution is 2.37. The maximum absolute atomic E-state index is 13.4. The van der Waals surface area contributed by atoms with Crippen molar-refractivity contribution < 1.29 is 18.0 Å². The Morgan fingerprint density at radius 1 is 1.08 bits per heavy atom. The van der Waals surface area contributed by atoms with Crippen LogP contribution in [0.5, 0.6) is 0 Å². The summed E-state index contributed by atoms with van der Waals surface area (Å²) in [4.78, 5) is 10.3. The van der Waals surface area contributed by atoms with E-state index < -0.39 is 11.7 Å². The average molecular weight is 385 g/mol. The SMILES string of the molecule is CN(NNNC=O)c1cccc(C(F)(F)F)c1/C=C/c1ccccc1Cl. The molecule has 0 spiro atoms. The molecule has 0 aliphatic rings. The first-order chi connectivity index (χ1) is 12.3. The van der Waals surface area contributed by atoms with Crippen LogP contribution in [-0.4, -0.2) is 13.5 Å². The highest BCUT2D eigenvalue weighted by Gasteiger charge is 2.34. The molecule has 0 bridgehead atoms. The van der Waals surface area contributed by atoms with Gasteiger partial charge in [0, 0.05) is 17.6 Å². The number of nitrogens with one attached hydrogen (secondary N) is 3. The van der Waals surface area contributed by atoms with E-state index in [1.165, 1.54) is 36.3 Å². The summed E-state index contributed by atoms with van der Waals surface area (Å²) >= 11 is 6.06. The minimum absolute atomic E-state index is 0.0529. The maximum atomic E-state index is 13.4. The second kappa shape index (κ2) is 8.70. The number of benzene rings is 2. The first kappa shape index (κ1) is 19.8. The summed E-state index contributed by atoms with van der Waals surface area (Å²) in [5.41, 5.74) is 6.99. The lowest BCUT2D eigenvalue weighted by Gasteiger charge is -2.24. The van der Waals surface area contributed by atoms with Crippen LogP contribution in [0.4, 0.5) is 18.9 Å². The number of carbonyl (C=O) groups excluding carboxylic acids is 1. The summed E-state index contributed by atoms with van der Waals surface area (Å²) in [6.07, 6.45) is -1.29. The monoisotopic (exact) mass is 384 g/mol. The van der Waals surface area contributed by atoms with Crippen LogP contribution in [0.3, 0.4) is 0 Å². The largest absolute Gasteiger partial charge is 0.417 e. The molecule has 9 heteroatoms. The van der Waals surface area contributed by atoms with Crippen molar-refractivity contribution in [3.05, 3.63) is 64.2 Å². The molecule has 26 heavy (non-hydrogen) atoms.